The first-order valence-electron chi connectivity index (χ1n) is 6.96. The minimum atomic E-state index is 0.637. The Morgan fingerprint density at radius 2 is 2.00 bits per heavy atom. The molecule has 21 heavy (non-hydrogen) atoms. The van der Waals surface area contributed by atoms with Crippen LogP contribution in [0.2, 0.25) is 0 Å². The van der Waals surface area contributed by atoms with Gasteiger partial charge in [-0.2, -0.15) is 4.98 Å². The molecule has 0 bridgehead atoms. The molecular formula is C16H17N5. The van der Waals surface area contributed by atoms with E-state index in [1.54, 1.807) is 6.20 Å². The maximum Gasteiger partial charge on any atom is 0.224 e. The van der Waals surface area contributed by atoms with Crippen molar-refractivity contribution in [1.82, 2.24) is 15.0 Å². The minimum Gasteiger partial charge on any atom is -0.354 e. The van der Waals surface area contributed by atoms with E-state index in [1.165, 1.54) is 0 Å². The molecule has 0 fully saturated rings. The van der Waals surface area contributed by atoms with Gasteiger partial charge in [-0.3, -0.25) is 4.98 Å². The molecule has 0 aliphatic carbocycles. The molecule has 5 nitrogen and oxygen atoms in total. The molecule has 0 saturated heterocycles. The van der Waals surface area contributed by atoms with Crippen molar-refractivity contribution in [3.63, 3.8) is 0 Å². The zero-order valence-corrected chi connectivity index (χ0v) is 12.1. The third kappa shape index (κ3) is 2.91. The average Bonchev–Trinajstić information content (AvgIpc) is 2.47. The summed E-state index contributed by atoms with van der Waals surface area (Å²) >= 11 is 0. The van der Waals surface area contributed by atoms with E-state index in [4.69, 9.17) is 0 Å². The fourth-order valence-electron chi connectivity index (χ4n) is 2.22. The van der Waals surface area contributed by atoms with Gasteiger partial charge < -0.3 is 10.6 Å². The zero-order chi connectivity index (χ0) is 14.7. The summed E-state index contributed by atoms with van der Waals surface area (Å²) in [5, 5.41) is 7.56. The van der Waals surface area contributed by atoms with Crippen molar-refractivity contribution in [2.75, 3.05) is 17.2 Å². The maximum absolute atomic E-state index is 4.47. The second kappa shape index (κ2) is 5.75. The van der Waals surface area contributed by atoms with Gasteiger partial charge in [-0.15, -0.1) is 0 Å². The van der Waals surface area contributed by atoms with Crippen molar-refractivity contribution >= 4 is 28.4 Å². The number of hydrogen-bond acceptors (Lipinski definition) is 5. The van der Waals surface area contributed by atoms with Gasteiger partial charge in [-0.1, -0.05) is 6.07 Å². The molecule has 0 saturated carbocycles. The summed E-state index contributed by atoms with van der Waals surface area (Å²) in [6.45, 7) is 4.77. The summed E-state index contributed by atoms with van der Waals surface area (Å²) in [6, 6.07) is 11.9. The van der Waals surface area contributed by atoms with Crippen molar-refractivity contribution in [3.05, 3.63) is 48.3 Å². The van der Waals surface area contributed by atoms with Crippen molar-refractivity contribution in [1.29, 1.82) is 0 Å². The quantitative estimate of drug-likeness (QED) is 0.765. The molecule has 2 N–H and O–H groups in total. The molecule has 3 rings (SSSR count). The predicted molar refractivity (Wildman–Crippen MR) is 86.0 cm³/mol. The second-order valence-corrected chi connectivity index (χ2v) is 4.75. The third-order valence-electron chi connectivity index (χ3n) is 3.10. The lowest BCUT2D eigenvalue weighted by molar-refractivity contribution is 1.05. The fraction of sp³-hybridized carbons (Fsp3) is 0.188. The normalized spacial score (nSPS) is 10.6. The molecule has 0 atom stereocenters. The van der Waals surface area contributed by atoms with Crippen LogP contribution in [0.5, 0.6) is 0 Å². The Hall–Kier alpha value is -2.69. The smallest absolute Gasteiger partial charge is 0.224 e. The summed E-state index contributed by atoms with van der Waals surface area (Å²) in [4.78, 5) is 13.2. The Balaban J connectivity index is 1.98. The Morgan fingerprint density at radius 3 is 2.86 bits per heavy atom. The van der Waals surface area contributed by atoms with Crippen LogP contribution in [0.1, 0.15) is 12.6 Å². The largest absolute Gasteiger partial charge is 0.354 e. The van der Waals surface area contributed by atoms with Gasteiger partial charge in [0.15, 0.2) is 0 Å². The lowest BCUT2D eigenvalue weighted by Gasteiger charge is -2.11. The molecule has 0 aliphatic rings. The van der Waals surface area contributed by atoms with Crippen LogP contribution >= 0.6 is 0 Å². The topological polar surface area (TPSA) is 62.7 Å². The third-order valence-corrected chi connectivity index (χ3v) is 3.10. The number of fused-ring (bicyclic) bond motifs is 1. The molecule has 1 aromatic carbocycles. The lowest BCUT2D eigenvalue weighted by Crippen LogP contribution is -2.05. The van der Waals surface area contributed by atoms with E-state index in [9.17, 15) is 0 Å². The SMILES string of the molecule is CCNc1nc(C)cc(Nc2cccc3ncccc23)n1. The summed E-state index contributed by atoms with van der Waals surface area (Å²) in [5.74, 6) is 1.41. The molecular weight excluding hydrogens is 262 g/mol. The van der Waals surface area contributed by atoms with Crippen LogP contribution < -0.4 is 10.6 Å². The molecule has 2 aromatic heterocycles. The highest BCUT2D eigenvalue weighted by molar-refractivity contribution is 5.92. The molecule has 106 valence electrons. The van der Waals surface area contributed by atoms with Crippen molar-refractivity contribution < 1.29 is 0 Å². The van der Waals surface area contributed by atoms with Crippen molar-refractivity contribution in [2.24, 2.45) is 0 Å². The number of nitrogens with one attached hydrogen (secondary N) is 2. The maximum atomic E-state index is 4.47. The van der Waals surface area contributed by atoms with Crippen LogP contribution in [0, 0.1) is 6.92 Å². The highest BCUT2D eigenvalue weighted by atomic mass is 15.1. The number of aromatic nitrogens is 3. The highest BCUT2D eigenvalue weighted by Gasteiger charge is 2.05. The molecule has 3 aromatic rings. The standard InChI is InChI=1S/C16H17N5/c1-3-17-16-19-11(2)10-15(21-16)20-14-8-4-7-13-12(14)6-5-9-18-13/h4-10H,3H2,1-2H3,(H2,17,19,20,21). The summed E-state index contributed by atoms with van der Waals surface area (Å²) in [6.07, 6.45) is 1.80. The molecule has 5 heteroatoms. The number of benzene rings is 1. The Kier molecular flexibility index (Phi) is 3.64. The highest BCUT2D eigenvalue weighted by Crippen LogP contribution is 2.24. The molecule has 0 radical (unpaired) electrons. The van der Waals surface area contributed by atoms with Crippen molar-refractivity contribution in [2.45, 2.75) is 13.8 Å². The zero-order valence-electron chi connectivity index (χ0n) is 12.1. The van der Waals surface area contributed by atoms with Gasteiger partial charge in [0, 0.05) is 35.6 Å². The number of nitrogens with zero attached hydrogens (tertiary/aromatic N) is 3. The van der Waals surface area contributed by atoms with Crippen LogP contribution in [0.25, 0.3) is 10.9 Å². The van der Waals surface area contributed by atoms with E-state index in [1.807, 2.05) is 50.2 Å². The molecule has 0 unspecified atom stereocenters. The summed E-state index contributed by atoms with van der Waals surface area (Å²) in [5.41, 5.74) is 2.86. The summed E-state index contributed by atoms with van der Waals surface area (Å²) < 4.78 is 0. The van der Waals surface area contributed by atoms with E-state index < -0.39 is 0 Å². The number of rotatable bonds is 4. The van der Waals surface area contributed by atoms with E-state index in [0.29, 0.717) is 5.95 Å². The first-order chi connectivity index (χ1) is 10.3. The van der Waals surface area contributed by atoms with Crippen LogP contribution in [0.4, 0.5) is 17.5 Å². The first kappa shape index (κ1) is 13.3. The first-order valence-corrected chi connectivity index (χ1v) is 6.96. The number of pyridine rings is 1. The van der Waals surface area contributed by atoms with E-state index in [2.05, 4.69) is 25.6 Å². The van der Waals surface area contributed by atoms with Gasteiger partial charge in [0.05, 0.1) is 5.52 Å². The van der Waals surface area contributed by atoms with Gasteiger partial charge in [-0.05, 0) is 38.1 Å². The Bertz CT molecular complexity index is 764. The van der Waals surface area contributed by atoms with Crippen molar-refractivity contribution in [3.8, 4) is 0 Å². The van der Waals surface area contributed by atoms with Gasteiger partial charge in [0.25, 0.3) is 0 Å². The number of anilines is 3. The van der Waals surface area contributed by atoms with Gasteiger partial charge in [-0.25, -0.2) is 4.98 Å². The van der Waals surface area contributed by atoms with Crippen LogP contribution in [-0.4, -0.2) is 21.5 Å². The second-order valence-electron chi connectivity index (χ2n) is 4.75. The van der Waals surface area contributed by atoms with Crippen LogP contribution in [0.3, 0.4) is 0 Å². The summed E-state index contributed by atoms with van der Waals surface area (Å²) in [7, 11) is 0. The Labute approximate surface area is 123 Å². The lowest BCUT2D eigenvalue weighted by atomic mass is 10.2. The van der Waals surface area contributed by atoms with Gasteiger partial charge in [0.1, 0.15) is 5.82 Å². The van der Waals surface area contributed by atoms with Gasteiger partial charge >= 0.3 is 0 Å². The van der Waals surface area contributed by atoms with Gasteiger partial charge in [0.2, 0.25) is 5.95 Å². The number of hydrogen-bond donors (Lipinski definition) is 2. The minimum absolute atomic E-state index is 0.637. The molecule has 2 heterocycles. The predicted octanol–water partition coefficient (Wildman–Crippen LogP) is 3.51. The van der Waals surface area contributed by atoms with E-state index in [0.717, 1.165) is 34.6 Å². The molecule has 0 aliphatic heterocycles. The molecule has 0 amide bonds. The van der Waals surface area contributed by atoms with Crippen LogP contribution in [-0.2, 0) is 0 Å². The average molecular weight is 279 g/mol. The number of aryl methyl sites for hydroxylation is 1. The van der Waals surface area contributed by atoms with E-state index >= 15 is 0 Å². The van der Waals surface area contributed by atoms with E-state index in [-0.39, 0.29) is 0 Å². The molecule has 0 spiro atoms. The van der Waals surface area contributed by atoms with Crippen LogP contribution in [0.15, 0.2) is 42.6 Å². The monoisotopic (exact) mass is 279 g/mol. The fourth-order valence-corrected chi connectivity index (χ4v) is 2.22. The Morgan fingerprint density at radius 1 is 1.10 bits per heavy atom.